The maximum absolute atomic E-state index is 11.6. The first-order chi connectivity index (χ1) is 8.17. The molecular weight excluding hydrogens is 248 g/mol. The molecule has 0 unspecified atom stereocenters. The monoisotopic (exact) mass is 260 g/mol. The van der Waals surface area contributed by atoms with Crippen molar-refractivity contribution in [2.75, 3.05) is 19.6 Å². The summed E-state index contributed by atoms with van der Waals surface area (Å²) in [6, 6.07) is 0. The predicted molar refractivity (Wildman–Crippen MR) is 58.5 cm³/mol. The molecule has 3 rings (SSSR count). The minimum Gasteiger partial charge on any atom is -0.466 e. The van der Waals surface area contributed by atoms with Crippen molar-refractivity contribution in [3.63, 3.8) is 0 Å². The molecule has 0 saturated carbocycles. The van der Waals surface area contributed by atoms with Crippen LogP contribution >= 0.6 is 11.6 Å². The molecule has 2 heterocycles. The van der Waals surface area contributed by atoms with Crippen LogP contribution in [0.4, 0.5) is 0 Å². The van der Waals surface area contributed by atoms with Crippen LogP contribution in [0.15, 0.2) is 11.6 Å². The first-order valence-electron chi connectivity index (χ1n) is 5.35. The average molecular weight is 261 g/mol. The van der Waals surface area contributed by atoms with Gasteiger partial charge in [0.25, 0.3) is 0 Å². The van der Waals surface area contributed by atoms with E-state index >= 15 is 0 Å². The van der Waals surface area contributed by atoms with Gasteiger partial charge in [0.1, 0.15) is 12.0 Å². The number of hydrogen-bond donors (Lipinski definition) is 0. The van der Waals surface area contributed by atoms with Gasteiger partial charge in [-0.2, -0.15) is 0 Å². The molecule has 3 atom stereocenters. The largest absolute Gasteiger partial charge is 0.466 e. The Morgan fingerprint density at radius 3 is 3.00 bits per heavy atom. The van der Waals surface area contributed by atoms with Crippen LogP contribution in [0, 0.1) is 5.92 Å². The Bertz CT molecular complexity index is 365. The first kappa shape index (κ1) is 12.4. The number of alkyl halides is 1. The van der Waals surface area contributed by atoms with Crippen LogP contribution < -0.4 is 0 Å². The van der Waals surface area contributed by atoms with Crippen molar-refractivity contribution in [1.82, 2.24) is 0 Å². The van der Waals surface area contributed by atoms with Gasteiger partial charge in [-0.25, -0.2) is 4.79 Å². The smallest absolute Gasteiger partial charge is 0.337 e. The lowest BCUT2D eigenvalue weighted by molar-refractivity contribution is -0.171. The number of rotatable bonds is 4. The van der Waals surface area contributed by atoms with Crippen LogP contribution in [-0.4, -0.2) is 43.7 Å². The highest BCUT2D eigenvalue weighted by Gasteiger charge is 2.46. The van der Waals surface area contributed by atoms with Crippen molar-refractivity contribution < 1.29 is 23.8 Å². The Hall–Kier alpha value is -1.07. The Balaban J connectivity index is 2.14. The lowest BCUT2D eigenvalue weighted by Gasteiger charge is -2.38. The van der Waals surface area contributed by atoms with Gasteiger partial charge in [-0.3, -0.25) is 4.79 Å². The van der Waals surface area contributed by atoms with Crippen LogP contribution in [0.5, 0.6) is 0 Å². The number of esters is 2. The fourth-order valence-corrected chi connectivity index (χ4v) is 2.22. The number of carbonyl (C=O) groups excluding carboxylic acids is 2. The number of hydrogen-bond acceptors (Lipinski definition) is 5. The van der Waals surface area contributed by atoms with E-state index in [-0.39, 0.29) is 12.1 Å². The van der Waals surface area contributed by atoms with Crippen molar-refractivity contribution in [1.29, 1.82) is 0 Å². The third-order valence-electron chi connectivity index (χ3n) is 2.91. The molecule has 0 spiro atoms. The Morgan fingerprint density at radius 2 is 2.41 bits per heavy atom. The number of methoxy groups -OCH3 is 1. The Morgan fingerprint density at radius 1 is 1.65 bits per heavy atom. The lowest BCUT2D eigenvalue weighted by Crippen LogP contribution is -2.48. The summed E-state index contributed by atoms with van der Waals surface area (Å²) in [5.41, 5.74) is 0.405. The summed E-state index contributed by atoms with van der Waals surface area (Å²) in [6.45, 7) is 0.379. The number of fused-ring (bicyclic) bond motifs is 2. The summed E-state index contributed by atoms with van der Waals surface area (Å²) >= 11 is 5.53. The van der Waals surface area contributed by atoms with E-state index in [9.17, 15) is 9.59 Å². The zero-order valence-electron chi connectivity index (χ0n) is 9.35. The fraction of sp³-hybridized carbons (Fsp3) is 0.636. The van der Waals surface area contributed by atoms with E-state index in [4.69, 9.17) is 21.1 Å². The summed E-state index contributed by atoms with van der Waals surface area (Å²) in [7, 11) is 1.30. The average Bonchev–Trinajstić information content (AvgIpc) is 2.35. The molecule has 2 aliphatic heterocycles. The predicted octanol–water partition coefficient (Wildman–Crippen LogP) is 0.655. The van der Waals surface area contributed by atoms with E-state index in [1.807, 2.05) is 0 Å². The Kier molecular flexibility index (Phi) is 3.69. The van der Waals surface area contributed by atoms with Gasteiger partial charge in [-0.05, 0) is 0 Å². The van der Waals surface area contributed by atoms with E-state index < -0.39 is 18.0 Å². The molecule has 6 heteroatoms. The van der Waals surface area contributed by atoms with E-state index in [2.05, 4.69) is 4.74 Å². The van der Waals surface area contributed by atoms with E-state index in [0.717, 1.165) is 0 Å². The van der Waals surface area contributed by atoms with Gasteiger partial charge in [0.15, 0.2) is 0 Å². The molecule has 0 N–H and O–H groups in total. The molecule has 3 aliphatic rings. The molecule has 0 amide bonds. The van der Waals surface area contributed by atoms with Gasteiger partial charge in [-0.1, -0.05) is 6.08 Å². The topological polar surface area (TPSA) is 61.8 Å². The summed E-state index contributed by atoms with van der Waals surface area (Å²) < 4.78 is 15.2. The summed E-state index contributed by atoms with van der Waals surface area (Å²) in [4.78, 5) is 23.0. The number of carbonyl (C=O) groups is 2. The lowest BCUT2D eigenvalue weighted by atomic mass is 9.82. The van der Waals surface area contributed by atoms with Gasteiger partial charge in [0, 0.05) is 12.3 Å². The Labute approximate surface area is 104 Å². The second-order valence-electron chi connectivity index (χ2n) is 3.90. The van der Waals surface area contributed by atoms with Gasteiger partial charge in [-0.15, -0.1) is 11.6 Å². The van der Waals surface area contributed by atoms with Crippen LogP contribution in [0.25, 0.3) is 0 Å². The molecule has 1 saturated heterocycles. The minimum absolute atomic E-state index is 0.256. The van der Waals surface area contributed by atoms with Crippen molar-refractivity contribution in [2.24, 2.45) is 5.92 Å². The molecule has 1 aliphatic carbocycles. The van der Waals surface area contributed by atoms with Crippen LogP contribution in [0.1, 0.15) is 6.42 Å². The second-order valence-corrected chi connectivity index (χ2v) is 4.28. The summed E-state index contributed by atoms with van der Waals surface area (Å²) in [5, 5.41) is 0. The van der Waals surface area contributed by atoms with Crippen molar-refractivity contribution in [2.45, 2.75) is 18.6 Å². The molecule has 0 radical (unpaired) electrons. The van der Waals surface area contributed by atoms with Crippen molar-refractivity contribution in [3.05, 3.63) is 11.6 Å². The molecular formula is C11H13ClO5. The minimum atomic E-state index is -0.555. The van der Waals surface area contributed by atoms with Crippen LogP contribution in [0.3, 0.4) is 0 Å². The number of ether oxygens (including phenoxy) is 3. The molecule has 0 aromatic heterocycles. The van der Waals surface area contributed by atoms with E-state index in [0.29, 0.717) is 24.5 Å². The highest BCUT2D eigenvalue weighted by molar-refractivity contribution is 6.17. The maximum Gasteiger partial charge on any atom is 0.337 e. The fourth-order valence-electron chi connectivity index (χ4n) is 2.13. The van der Waals surface area contributed by atoms with Gasteiger partial charge < -0.3 is 14.2 Å². The second kappa shape index (κ2) is 5.06. The molecule has 0 aromatic rings. The standard InChI is InChI=1S/C11H13ClO5/c1-15-10(13)7-4-6-8(16-3-2-12)5-9(7)17-11(6)14/h4,6,8-9H,2-3,5H2,1H3/t6-,8-,9-/m0/s1. The van der Waals surface area contributed by atoms with E-state index in [1.54, 1.807) is 6.08 Å². The van der Waals surface area contributed by atoms with Crippen molar-refractivity contribution in [3.8, 4) is 0 Å². The molecule has 94 valence electrons. The molecule has 17 heavy (non-hydrogen) atoms. The summed E-state index contributed by atoms with van der Waals surface area (Å²) in [6.07, 6.45) is 1.26. The van der Waals surface area contributed by atoms with Crippen molar-refractivity contribution >= 4 is 23.5 Å². The van der Waals surface area contributed by atoms with Crippen LogP contribution in [0.2, 0.25) is 0 Å². The third-order valence-corrected chi connectivity index (χ3v) is 3.07. The summed E-state index contributed by atoms with van der Waals surface area (Å²) in [5.74, 6) is -0.967. The zero-order chi connectivity index (χ0) is 12.4. The molecule has 2 bridgehead atoms. The van der Waals surface area contributed by atoms with E-state index in [1.165, 1.54) is 7.11 Å². The molecule has 0 aromatic carbocycles. The van der Waals surface area contributed by atoms with Gasteiger partial charge >= 0.3 is 11.9 Å². The maximum atomic E-state index is 11.6. The zero-order valence-corrected chi connectivity index (χ0v) is 10.1. The van der Waals surface area contributed by atoms with Gasteiger partial charge in [0.2, 0.25) is 0 Å². The number of halogens is 1. The quantitative estimate of drug-likeness (QED) is 0.549. The highest BCUT2D eigenvalue weighted by atomic mass is 35.5. The first-order valence-corrected chi connectivity index (χ1v) is 5.89. The highest BCUT2D eigenvalue weighted by Crippen LogP contribution is 2.35. The SMILES string of the molecule is COC(=O)C1=C[C@@H]2C(=O)O[C@H]1C[C@@H]2OCCCl. The molecule has 5 nitrogen and oxygen atoms in total. The van der Waals surface area contributed by atoms with Gasteiger partial charge in [0.05, 0.1) is 25.4 Å². The third kappa shape index (κ3) is 2.30. The normalized spacial score (nSPS) is 30.8. The molecule has 1 fully saturated rings. The van der Waals surface area contributed by atoms with Crippen LogP contribution in [-0.2, 0) is 23.8 Å².